The second kappa shape index (κ2) is 8.14. The number of imidazole rings is 1. The summed E-state index contributed by atoms with van der Waals surface area (Å²) in [6.07, 6.45) is 3.09. The molecule has 0 aliphatic rings. The van der Waals surface area contributed by atoms with E-state index >= 15 is 0 Å². The van der Waals surface area contributed by atoms with Crippen molar-refractivity contribution in [3.8, 4) is 11.3 Å². The summed E-state index contributed by atoms with van der Waals surface area (Å²) in [6.45, 7) is 0. The van der Waals surface area contributed by atoms with Crippen molar-refractivity contribution >= 4 is 18.0 Å². The number of hydrogen-bond donors (Lipinski definition) is 2. The number of nitrogens with one attached hydrogen (secondary N) is 1. The topological polar surface area (TPSA) is 92.3 Å². The van der Waals surface area contributed by atoms with Crippen LogP contribution in [-0.2, 0) is 16.0 Å². The number of nitrogens with zero attached hydrogens (tertiary/aromatic N) is 1. The van der Waals surface area contributed by atoms with E-state index < -0.39 is 11.9 Å². The third-order valence-electron chi connectivity index (χ3n) is 3.93. The molecule has 2 N–H and O–H groups in total. The van der Waals surface area contributed by atoms with Gasteiger partial charge in [-0.25, -0.2) is 14.6 Å². The fourth-order valence-corrected chi connectivity index (χ4v) is 2.73. The minimum atomic E-state index is -0.998. The van der Waals surface area contributed by atoms with Crippen LogP contribution < -0.4 is 0 Å². The minimum Gasteiger partial charge on any atom is -0.478 e. The number of methoxy groups -OCH3 is 1. The van der Waals surface area contributed by atoms with Gasteiger partial charge in [-0.15, -0.1) is 0 Å². The molecule has 2 aromatic carbocycles. The van der Waals surface area contributed by atoms with Gasteiger partial charge in [0.05, 0.1) is 7.11 Å². The molecule has 0 atom stereocenters. The van der Waals surface area contributed by atoms with Crippen LogP contribution in [0.5, 0.6) is 0 Å². The number of H-pyrrole nitrogens is 1. The molecule has 0 radical (unpaired) electrons. The Labute approximate surface area is 156 Å². The number of aromatic nitrogens is 2. The van der Waals surface area contributed by atoms with Crippen molar-refractivity contribution in [1.29, 1.82) is 0 Å². The molecule has 0 saturated heterocycles. The van der Waals surface area contributed by atoms with E-state index in [1.165, 1.54) is 13.2 Å². The third kappa shape index (κ3) is 4.49. The summed E-state index contributed by atoms with van der Waals surface area (Å²) in [7, 11) is 1.33. The molecule has 0 amide bonds. The van der Waals surface area contributed by atoms with Crippen LogP contribution in [0.3, 0.4) is 0 Å². The number of rotatable bonds is 6. The van der Waals surface area contributed by atoms with E-state index in [1.807, 2.05) is 54.6 Å². The lowest BCUT2D eigenvalue weighted by Gasteiger charge is -2.00. The fourth-order valence-electron chi connectivity index (χ4n) is 2.73. The van der Waals surface area contributed by atoms with E-state index in [-0.39, 0.29) is 0 Å². The van der Waals surface area contributed by atoms with Crippen molar-refractivity contribution < 1.29 is 19.4 Å². The van der Waals surface area contributed by atoms with Gasteiger partial charge >= 0.3 is 11.9 Å². The van der Waals surface area contributed by atoms with Gasteiger partial charge in [0.25, 0.3) is 0 Å². The molecule has 0 unspecified atom stereocenters. The second-order valence-corrected chi connectivity index (χ2v) is 5.86. The van der Waals surface area contributed by atoms with Crippen LogP contribution in [0.2, 0.25) is 0 Å². The number of benzene rings is 2. The first-order chi connectivity index (χ1) is 13.1. The van der Waals surface area contributed by atoms with Gasteiger partial charge in [0, 0.05) is 18.1 Å². The molecule has 136 valence electrons. The smallest absolute Gasteiger partial charge is 0.356 e. The Kier molecular flexibility index (Phi) is 5.47. The first-order valence-electron chi connectivity index (χ1n) is 8.29. The Morgan fingerprint density at radius 3 is 2.63 bits per heavy atom. The Bertz CT molecular complexity index is 990. The van der Waals surface area contributed by atoms with Crippen molar-refractivity contribution in [2.75, 3.05) is 7.11 Å². The highest BCUT2D eigenvalue weighted by atomic mass is 16.5. The van der Waals surface area contributed by atoms with Crippen LogP contribution in [-0.4, -0.2) is 34.1 Å². The van der Waals surface area contributed by atoms with E-state index in [2.05, 4.69) is 9.97 Å². The SMILES string of the molecule is COC(=O)c1[nH]c(Cc2cccc(C=CC(=O)O)c2)nc1-c1ccccc1. The van der Waals surface area contributed by atoms with Gasteiger partial charge in [0.15, 0.2) is 5.69 Å². The van der Waals surface area contributed by atoms with Crippen molar-refractivity contribution in [3.05, 3.63) is 83.3 Å². The van der Waals surface area contributed by atoms with Crippen LogP contribution in [0.25, 0.3) is 17.3 Å². The average molecular weight is 362 g/mol. The maximum atomic E-state index is 12.1. The standard InChI is InChI=1S/C21H18N2O4/c1-27-21(26)20-19(16-8-3-2-4-9-16)22-17(23-20)13-15-7-5-6-14(12-15)10-11-18(24)25/h2-12H,13H2,1H3,(H,22,23)(H,24,25). The van der Waals surface area contributed by atoms with Crippen LogP contribution in [0.4, 0.5) is 0 Å². The summed E-state index contributed by atoms with van der Waals surface area (Å²) >= 11 is 0. The number of aliphatic carboxylic acids is 1. The molecule has 3 aromatic rings. The van der Waals surface area contributed by atoms with E-state index in [4.69, 9.17) is 9.84 Å². The van der Waals surface area contributed by atoms with Gasteiger partial charge in [-0.1, -0.05) is 54.6 Å². The summed E-state index contributed by atoms with van der Waals surface area (Å²) in [4.78, 5) is 30.4. The zero-order valence-corrected chi connectivity index (χ0v) is 14.7. The number of carboxylic acids is 1. The Morgan fingerprint density at radius 1 is 1.15 bits per heavy atom. The van der Waals surface area contributed by atoms with Gasteiger partial charge < -0.3 is 14.8 Å². The fraction of sp³-hybridized carbons (Fsp3) is 0.0952. The van der Waals surface area contributed by atoms with Gasteiger partial charge in [0.1, 0.15) is 11.5 Å². The number of carbonyl (C=O) groups excluding carboxylic acids is 1. The highest BCUT2D eigenvalue weighted by Crippen LogP contribution is 2.23. The zero-order chi connectivity index (χ0) is 19.2. The van der Waals surface area contributed by atoms with Crippen molar-refractivity contribution in [1.82, 2.24) is 9.97 Å². The molecule has 0 fully saturated rings. The van der Waals surface area contributed by atoms with E-state index in [9.17, 15) is 9.59 Å². The molecule has 0 bridgehead atoms. The summed E-state index contributed by atoms with van der Waals surface area (Å²) in [5.74, 6) is -0.860. The molecular formula is C21H18N2O4. The maximum absolute atomic E-state index is 12.1. The van der Waals surface area contributed by atoms with Crippen molar-refractivity contribution in [3.63, 3.8) is 0 Å². The Morgan fingerprint density at radius 2 is 1.93 bits per heavy atom. The number of carbonyl (C=O) groups is 2. The first kappa shape index (κ1) is 18.1. The van der Waals surface area contributed by atoms with Gasteiger partial charge in [0.2, 0.25) is 0 Å². The number of hydrogen-bond acceptors (Lipinski definition) is 4. The maximum Gasteiger partial charge on any atom is 0.356 e. The van der Waals surface area contributed by atoms with Gasteiger partial charge in [-0.3, -0.25) is 0 Å². The lowest BCUT2D eigenvalue weighted by atomic mass is 10.1. The minimum absolute atomic E-state index is 0.306. The van der Waals surface area contributed by atoms with Crippen LogP contribution >= 0.6 is 0 Å². The van der Waals surface area contributed by atoms with Crippen molar-refractivity contribution in [2.45, 2.75) is 6.42 Å². The number of ether oxygens (including phenoxy) is 1. The summed E-state index contributed by atoms with van der Waals surface area (Å²) in [5, 5.41) is 8.75. The largest absolute Gasteiger partial charge is 0.478 e. The number of aromatic amines is 1. The lowest BCUT2D eigenvalue weighted by Crippen LogP contribution is -2.03. The molecule has 6 nitrogen and oxygen atoms in total. The molecule has 1 aromatic heterocycles. The van der Waals surface area contributed by atoms with E-state index in [1.54, 1.807) is 0 Å². The zero-order valence-electron chi connectivity index (χ0n) is 14.7. The first-order valence-corrected chi connectivity index (χ1v) is 8.29. The van der Waals surface area contributed by atoms with Crippen molar-refractivity contribution in [2.24, 2.45) is 0 Å². The summed E-state index contributed by atoms with van der Waals surface area (Å²) in [6, 6.07) is 16.9. The number of carboxylic acid groups (broad SMARTS) is 1. The van der Waals surface area contributed by atoms with Crippen LogP contribution in [0.15, 0.2) is 60.7 Å². The van der Waals surface area contributed by atoms with E-state index in [0.29, 0.717) is 23.6 Å². The van der Waals surface area contributed by atoms with Crippen LogP contribution in [0.1, 0.15) is 27.4 Å². The Hall–Kier alpha value is -3.67. The number of esters is 1. The third-order valence-corrected chi connectivity index (χ3v) is 3.93. The molecule has 0 saturated carbocycles. The predicted molar refractivity (Wildman–Crippen MR) is 101 cm³/mol. The molecule has 1 heterocycles. The molecule has 0 aliphatic carbocycles. The molecule has 0 aliphatic heterocycles. The average Bonchev–Trinajstić information content (AvgIpc) is 3.10. The quantitative estimate of drug-likeness (QED) is 0.517. The lowest BCUT2D eigenvalue weighted by molar-refractivity contribution is -0.131. The second-order valence-electron chi connectivity index (χ2n) is 5.86. The summed E-state index contributed by atoms with van der Waals surface area (Å²) in [5.41, 5.74) is 3.38. The molecule has 27 heavy (non-hydrogen) atoms. The van der Waals surface area contributed by atoms with Crippen LogP contribution in [0, 0.1) is 0 Å². The van der Waals surface area contributed by atoms with Gasteiger partial charge in [-0.05, 0) is 17.2 Å². The molecule has 3 rings (SSSR count). The molecular weight excluding hydrogens is 344 g/mol. The Balaban J connectivity index is 1.92. The molecule has 6 heteroatoms. The summed E-state index contributed by atoms with van der Waals surface area (Å²) < 4.78 is 4.86. The van der Waals surface area contributed by atoms with Gasteiger partial charge in [-0.2, -0.15) is 0 Å². The monoisotopic (exact) mass is 362 g/mol. The highest BCUT2D eigenvalue weighted by Gasteiger charge is 2.19. The predicted octanol–water partition coefficient (Wildman–Crippen LogP) is 3.55. The van der Waals surface area contributed by atoms with E-state index in [0.717, 1.165) is 22.8 Å². The highest BCUT2D eigenvalue weighted by molar-refractivity contribution is 5.94. The normalized spacial score (nSPS) is 10.9. The molecule has 0 spiro atoms.